The zero-order chi connectivity index (χ0) is 20.5. The lowest BCUT2D eigenvalue weighted by molar-refractivity contribution is -0.148. The van der Waals surface area contributed by atoms with E-state index in [1.165, 1.54) is 70.6 Å². The summed E-state index contributed by atoms with van der Waals surface area (Å²) in [6.45, 7) is 3.98. The summed E-state index contributed by atoms with van der Waals surface area (Å²) in [5.74, 6) is -0.160. The number of carbonyl (C=O) groups is 1. The standard InChI is InChI=1S/C24H41NO3/c1-3-4-5-6-7-8-9-10-11-12-13-14-15-19-24(27)28-21(2)23-18-16-17-22(20-26)25-23/h16-18,21,26H,3-15,19-20H2,1-2H3/t21-/m0/s1. The third-order valence-electron chi connectivity index (χ3n) is 5.20. The van der Waals surface area contributed by atoms with E-state index in [0.717, 1.165) is 12.8 Å². The van der Waals surface area contributed by atoms with Crippen molar-refractivity contribution in [3.8, 4) is 0 Å². The fourth-order valence-electron chi connectivity index (χ4n) is 3.42. The molecule has 1 atom stereocenters. The maximum Gasteiger partial charge on any atom is 0.306 e. The molecular weight excluding hydrogens is 350 g/mol. The second-order valence-electron chi connectivity index (χ2n) is 7.84. The fraction of sp³-hybridized carbons (Fsp3) is 0.750. The highest BCUT2D eigenvalue weighted by molar-refractivity contribution is 5.69. The monoisotopic (exact) mass is 391 g/mol. The number of aliphatic hydroxyl groups is 1. The molecular formula is C24H41NO3. The van der Waals surface area contributed by atoms with E-state index in [1.807, 2.05) is 19.1 Å². The Kier molecular flexibility index (Phi) is 14.5. The van der Waals surface area contributed by atoms with Crippen LogP contribution in [0.2, 0.25) is 0 Å². The lowest BCUT2D eigenvalue weighted by atomic mass is 10.0. The van der Waals surface area contributed by atoms with Gasteiger partial charge in [-0.3, -0.25) is 9.78 Å². The molecule has 0 saturated carbocycles. The third-order valence-corrected chi connectivity index (χ3v) is 5.20. The number of carbonyl (C=O) groups excluding carboxylic acids is 1. The topological polar surface area (TPSA) is 59.4 Å². The van der Waals surface area contributed by atoms with Crippen molar-refractivity contribution in [2.75, 3.05) is 0 Å². The Balaban J connectivity index is 1.96. The summed E-state index contributed by atoms with van der Waals surface area (Å²) in [4.78, 5) is 16.3. The van der Waals surface area contributed by atoms with Crippen molar-refractivity contribution in [2.45, 2.75) is 116 Å². The Morgan fingerprint density at radius 3 is 2.00 bits per heavy atom. The number of unbranched alkanes of at least 4 members (excludes halogenated alkanes) is 12. The Morgan fingerprint density at radius 1 is 0.929 bits per heavy atom. The highest BCUT2D eigenvalue weighted by atomic mass is 16.5. The van der Waals surface area contributed by atoms with Gasteiger partial charge in [-0.2, -0.15) is 0 Å². The molecule has 1 N–H and O–H groups in total. The van der Waals surface area contributed by atoms with Crippen molar-refractivity contribution in [3.05, 3.63) is 29.6 Å². The summed E-state index contributed by atoms with van der Waals surface area (Å²) in [5.41, 5.74) is 1.28. The molecule has 0 radical (unpaired) electrons. The zero-order valence-electron chi connectivity index (χ0n) is 18.1. The van der Waals surface area contributed by atoms with Crippen LogP contribution in [0.5, 0.6) is 0 Å². The van der Waals surface area contributed by atoms with Gasteiger partial charge in [-0.25, -0.2) is 0 Å². The average molecular weight is 392 g/mol. The van der Waals surface area contributed by atoms with Crippen molar-refractivity contribution in [3.63, 3.8) is 0 Å². The van der Waals surface area contributed by atoms with Gasteiger partial charge in [0.05, 0.1) is 18.0 Å². The van der Waals surface area contributed by atoms with Crippen molar-refractivity contribution < 1.29 is 14.6 Å². The molecule has 0 aliphatic heterocycles. The van der Waals surface area contributed by atoms with Crippen LogP contribution in [0, 0.1) is 0 Å². The molecule has 1 aromatic heterocycles. The largest absolute Gasteiger partial charge is 0.456 e. The number of aliphatic hydroxyl groups excluding tert-OH is 1. The molecule has 0 aliphatic carbocycles. The predicted octanol–water partition coefficient (Wildman–Crippen LogP) is 6.66. The van der Waals surface area contributed by atoms with Crippen LogP contribution in [0.4, 0.5) is 0 Å². The van der Waals surface area contributed by atoms with E-state index in [4.69, 9.17) is 9.84 Å². The zero-order valence-corrected chi connectivity index (χ0v) is 18.1. The van der Waals surface area contributed by atoms with Crippen molar-refractivity contribution >= 4 is 5.97 Å². The first kappa shape index (κ1) is 24.6. The summed E-state index contributed by atoms with van der Waals surface area (Å²) < 4.78 is 5.46. The molecule has 1 rings (SSSR count). The summed E-state index contributed by atoms with van der Waals surface area (Å²) in [7, 11) is 0. The molecule has 0 aliphatic rings. The summed E-state index contributed by atoms with van der Waals surface area (Å²) >= 11 is 0. The minimum absolute atomic E-state index is 0.104. The molecule has 1 aromatic rings. The molecule has 0 aromatic carbocycles. The first-order valence-electron chi connectivity index (χ1n) is 11.4. The van der Waals surface area contributed by atoms with Crippen LogP contribution in [0.3, 0.4) is 0 Å². The molecule has 28 heavy (non-hydrogen) atoms. The number of ether oxygens (including phenoxy) is 1. The van der Waals surface area contributed by atoms with Gasteiger partial charge in [0, 0.05) is 6.42 Å². The van der Waals surface area contributed by atoms with E-state index in [-0.39, 0.29) is 18.7 Å². The molecule has 0 saturated heterocycles. The second kappa shape index (κ2) is 16.5. The van der Waals surface area contributed by atoms with Gasteiger partial charge in [0.15, 0.2) is 0 Å². The Bertz CT molecular complexity index is 518. The number of aromatic nitrogens is 1. The maximum absolute atomic E-state index is 12.0. The molecule has 4 nitrogen and oxygen atoms in total. The third kappa shape index (κ3) is 12.1. The van der Waals surface area contributed by atoms with Crippen LogP contribution in [-0.2, 0) is 16.1 Å². The Labute approximate surface area is 172 Å². The Hall–Kier alpha value is -1.42. The van der Waals surface area contributed by atoms with Crippen LogP contribution >= 0.6 is 0 Å². The van der Waals surface area contributed by atoms with E-state index in [0.29, 0.717) is 17.8 Å². The van der Waals surface area contributed by atoms with Crippen LogP contribution in [-0.4, -0.2) is 16.1 Å². The first-order chi connectivity index (χ1) is 13.7. The van der Waals surface area contributed by atoms with Gasteiger partial charge >= 0.3 is 5.97 Å². The van der Waals surface area contributed by atoms with E-state index >= 15 is 0 Å². The number of pyridine rings is 1. The van der Waals surface area contributed by atoms with Gasteiger partial charge in [-0.1, -0.05) is 90.0 Å². The SMILES string of the molecule is CCCCCCCCCCCCCCCC(=O)O[C@@H](C)c1cccc(CO)n1. The quantitative estimate of drug-likeness (QED) is 0.238. The van der Waals surface area contributed by atoms with Gasteiger partial charge in [-0.05, 0) is 25.5 Å². The number of hydrogen-bond acceptors (Lipinski definition) is 4. The van der Waals surface area contributed by atoms with Crippen molar-refractivity contribution in [1.82, 2.24) is 4.98 Å². The number of nitrogens with zero attached hydrogens (tertiary/aromatic N) is 1. The van der Waals surface area contributed by atoms with Crippen molar-refractivity contribution in [1.29, 1.82) is 0 Å². The lowest BCUT2D eigenvalue weighted by Crippen LogP contribution is -2.10. The van der Waals surface area contributed by atoms with Crippen molar-refractivity contribution in [2.24, 2.45) is 0 Å². The fourth-order valence-corrected chi connectivity index (χ4v) is 3.42. The predicted molar refractivity (Wildman–Crippen MR) is 115 cm³/mol. The molecule has 0 amide bonds. The first-order valence-corrected chi connectivity index (χ1v) is 11.4. The highest BCUT2D eigenvalue weighted by Gasteiger charge is 2.13. The van der Waals surface area contributed by atoms with Gasteiger partial charge in [0.2, 0.25) is 0 Å². The normalized spacial score (nSPS) is 12.1. The van der Waals surface area contributed by atoms with Gasteiger partial charge in [0.1, 0.15) is 6.10 Å². The van der Waals surface area contributed by atoms with Gasteiger partial charge in [0.25, 0.3) is 0 Å². The smallest absolute Gasteiger partial charge is 0.306 e. The van der Waals surface area contributed by atoms with Gasteiger partial charge in [-0.15, -0.1) is 0 Å². The maximum atomic E-state index is 12.0. The Morgan fingerprint density at radius 2 is 1.46 bits per heavy atom. The molecule has 0 bridgehead atoms. The number of esters is 1. The van der Waals surface area contributed by atoms with Crippen LogP contribution in [0.1, 0.15) is 121 Å². The van der Waals surface area contributed by atoms with Crippen LogP contribution in [0.15, 0.2) is 18.2 Å². The summed E-state index contributed by atoms with van der Waals surface area (Å²) in [6, 6.07) is 5.40. The molecule has 160 valence electrons. The number of hydrogen-bond donors (Lipinski definition) is 1. The minimum Gasteiger partial charge on any atom is -0.456 e. The van der Waals surface area contributed by atoms with E-state index in [9.17, 15) is 4.79 Å². The second-order valence-corrected chi connectivity index (χ2v) is 7.84. The molecule has 1 heterocycles. The average Bonchev–Trinajstić information content (AvgIpc) is 2.71. The molecule has 4 heteroatoms. The summed E-state index contributed by atoms with van der Waals surface area (Å²) in [5, 5.41) is 9.14. The number of rotatable bonds is 17. The van der Waals surface area contributed by atoms with E-state index in [2.05, 4.69) is 11.9 Å². The van der Waals surface area contributed by atoms with Crippen LogP contribution in [0.25, 0.3) is 0 Å². The molecule has 0 unspecified atom stereocenters. The van der Waals surface area contributed by atoms with E-state index < -0.39 is 0 Å². The summed E-state index contributed by atoms with van der Waals surface area (Å²) in [6.07, 6.45) is 17.0. The van der Waals surface area contributed by atoms with Crippen LogP contribution < -0.4 is 0 Å². The minimum atomic E-state index is -0.374. The molecule has 0 spiro atoms. The molecule has 0 fully saturated rings. The lowest BCUT2D eigenvalue weighted by Gasteiger charge is -2.13. The van der Waals surface area contributed by atoms with Gasteiger partial charge < -0.3 is 9.84 Å². The highest BCUT2D eigenvalue weighted by Crippen LogP contribution is 2.17. The van der Waals surface area contributed by atoms with E-state index in [1.54, 1.807) is 6.07 Å².